The molecule has 2 aliphatic rings. The van der Waals surface area contributed by atoms with E-state index in [-0.39, 0.29) is 11.6 Å². The molecule has 2 aromatic rings. The van der Waals surface area contributed by atoms with Gasteiger partial charge in [0.2, 0.25) is 0 Å². The second-order valence-corrected chi connectivity index (χ2v) is 8.19. The molecule has 3 heterocycles. The summed E-state index contributed by atoms with van der Waals surface area (Å²) in [4.78, 5) is 38.3. The molecule has 1 aromatic heterocycles. The van der Waals surface area contributed by atoms with Gasteiger partial charge in [0.15, 0.2) is 0 Å². The molecule has 0 radical (unpaired) electrons. The molecule has 0 aliphatic carbocycles. The van der Waals surface area contributed by atoms with Gasteiger partial charge in [-0.2, -0.15) is 5.10 Å². The third-order valence-corrected chi connectivity index (χ3v) is 6.59. The lowest BCUT2D eigenvalue weighted by Gasteiger charge is -2.49. The van der Waals surface area contributed by atoms with Crippen LogP contribution >= 0.6 is 11.8 Å². The van der Waals surface area contributed by atoms with E-state index < -0.39 is 23.3 Å². The number of rotatable bonds is 4. The van der Waals surface area contributed by atoms with E-state index in [0.29, 0.717) is 28.3 Å². The zero-order chi connectivity index (χ0) is 20.9. The van der Waals surface area contributed by atoms with Crippen LogP contribution in [0.3, 0.4) is 0 Å². The first-order valence-electron chi connectivity index (χ1n) is 9.11. The van der Waals surface area contributed by atoms with Crippen molar-refractivity contribution in [2.24, 2.45) is 0 Å². The van der Waals surface area contributed by atoms with Crippen LogP contribution in [0.2, 0.25) is 0 Å². The maximum Gasteiger partial charge on any atom is 0.352 e. The van der Waals surface area contributed by atoms with Gasteiger partial charge in [-0.25, -0.2) is 9.48 Å². The fourth-order valence-corrected chi connectivity index (χ4v) is 5.07. The van der Waals surface area contributed by atoms with Crippen molar-refractivity contribution >= 4 is 29.5 Å². The number of amides is 2. The fourth-order valence-electron chi connectivity index (χ4n) is 3.78. The van der Waals surface area contributed by atoms with Crippen LogP contribution < -0.4 is 5.32 Å². The third kappa shape index (κ3) is 3.02. The van der Waals surface area contributed by atoms with Gasteiger partial charge in [-0.15, -0.1) is 11.8 Å². The Kier molecular flexibility index (Phi) is 4.70. The smallest absolute Gasteiger partial charge is 0.352 e. The number of nitrogens with zero attached hydrogens (tertiary/aromatic N) is 3. The first kappa shape index (κ1) is 19.3. The van der Waals surface area contributed by atoms with Gasteiger partial charge in [-0.05, 0) is 38.5 Å². The van der Waals surface area contributed by atoms with Crippen LogP contribution in [-0.2, 0) is 9.59 Å². The number of β-lactam (4-membered cyclic amide) rings is 1. The number of fused-ring (bicyclic) bond motifs is 1. The van der Waals surface area contributed by atoms with Gasteiger partial charge in [0.05, 0.1) is 22.6 Å². The minimum Gasteiger partial charge on any atom is -0.477 e. The quantitative estimate of drug-likeness (QED) is 0.743. The summed E-state index contributed by atoms with van der Waals surface area (Å²) >= 11 is 1.45. The molecule has 1 fully saturated rings. The predicted molar refractivity (Wildman–Crippen MR) is 108 cm³/mol. The van der Waals surface area contributed by atoms with E-state index >= 15 is 0 Å². The number of hydrogen-bond acceptors (Lipinski definition) is 5. The molecule has 2 atom stereocenters. The van der Waals surface area contributed by atoms with E-state index in [0.717, 1.165) is 5.69 Å². The van der Waals surface area contributed by atoms with Crippen molar-refractivity contribution in [3.63, 3.8) is 0 Å². The molecule has 0 saturated carbocycles. The second kappa shape index (κ2) is 7.07. The lowest BCUT2D eigenvalue weighted by atomic mass is 10.0. The zero-order valence-corrected chi connectivity index (χ0v) is 17.0. The molecule has 0 unspecified atom stereocenters. The van der Waals surface area contributed by atoms with E-state index in [2.05, 4.69) is 10.4 Å². The molecule has 29 heavy (non-hydrogen) atoms. The van der Waals surface area contributed by atoms with Gasteiger partial charge in [0.1, 0.15) is 17.1 Å². The Morgan fingerprint density at radius 3 is 2.55 bits per heavy atom. The van der Waals surface area contributed by atoms with Gasteiger partial charge >= 0.3 is 5.97 Å². The van der Waals surface area contributed by atoms with Crippen LogP contribution in [0.1, 0.15) is 28.7 Å². The fraction of sp³-hybridized carbons (Fsp3) is 0.300. The lowest BCUT2D eigenvalue weighted by Crippen LogP contribution is -2.70. The average Bonchev–Trinajstić information content (AvgIpc) is 3.00. The van der Waals surface area contributed by atoms with E-state index in [1.165, 1.54) is 16.7 Å². The maximum absolute atomic E-state index is 13.0. The van der Waals surface area contributed by atoms with Gasteiger partial charge < -0.3 is 10.4 Å². The zero-order valence-electron chi connectivity index (χ0n) is 16.2. The number of carboxylic acid groups (broad SMARTS) is 1. The Bertz CT molecular complexity index is 1060. The number of aryl methyl sites for hydroxylation is 1. The molecule has 150 valence electrons. The summed E-state index contributed by atoms with van der Waals surface area (Å²) in [6, 6.07) is 8.73. The average molecular weight is 412 g/mol. The minimum absolute atomic E-state index is 0.0218. The van der Waals surface area contributed by atoms with Crippen molar-refractivity contribution in [2.75, 3.05) is 5.75 Å². The van der Waals surface area contributed by atoms with Gasteiger partial charge in [0, 0.05) is 5.75 Å². The van der Waals surface area contributed by atoms with Crippen molar-refractivity contribution in [2.45, 2.75) is 32.2 Å². The van der Waals surface area contributed by atoms with Gasteiger partial charge in [-0.1, -0.05) is 18.2 Å². The Morgan fingerprint density at radius 2 is 1.90 bits per heavy atom. The molecule has 2 amide bonds. The highest BCUT2D eigenvalue weighted by atomic mass is 32.2. The molecule has 1 aromatic carbocycles. The Labute approximate surface area is 171 Å². The monoisotopic (exact) mass is 412 g/mol. The number of aromatic nitrogens is 2. The molecular formula is C20H20N4O4S. The Morgan fingerprint density at radius 1 is 1.21 bits per heavy atom. The highest BCUT2D eigenvalue weighted by molar-refractivity contribution is 8.00. The molecule has 1 saturated heterocycles. The third-order valence-electron chi connectivity index (χ3n) is 5.17. The summed E-state index contributed by atoms with van der Waals surface area (Å²) < 4.78 is 1.70. The van der Waals surface area contributed by atoms with Crippen LogP contribution in [0.25, 0.3) is 5.69 Å². The standard InChI is InChI=1S/C20H20N4O4S/c1-10-9-29-19-15(18(26)23(19)16(10)20(27)28)21-17(25)14-11(2)22-24(12(14)3)13-7-5-4-6-8-13/h4-8,15,19H,9H2,1-3H3,(H,21,25)(H,27,28)/t15-,19-/m1/s1. The SMILES string of the molecule is CC1=C(C(=O)O)N2C(=O)[C@@H](NC(=O)c3c(C)nn(-c4ccccc4)c3C)[C@H]2SC1. The van der Waals surface area contributed by atoms with Crippen LogP contribution in [0.4, 0.5) is 0 Å². The van der Waals surface area contributed by atoms with Crippen molar-refractivity contribution in [3.8, 4) is 5.69 Å². The van der Waals surface area contributed by atoms with Gasteiger partial charge in [-0.3, -0.25) is 14.5 Å². The highest BCUT2D eigenvalue weighted by Crippen LogP contribution is 2.40. The van der Waals surface area contributed by atoms with Crippen molar-refractivity contribution < 1.29 is 19.5 Å². The van der Waals surface area contributed by atoms with E-state index in [1.807, 2.05) is 30.3 Å². The Hall–Kier alpha value is -3.07. The lowest BCUT2D eigenvalue weighted by molar-refractivity contribution is -0.148. The summed E-state index contributed by atoms with van der Waals surface area (Å²) in [5, 5.41) is 16.3. The maximum atomic E-state index is 13.0. The summed E-state index contributed by atoms with van der Waals surface area (Å²) in [5.41, 5.74) is 3.17. The number of para-hydroxylation sites is 1. The minimum atomic E-state index is -1.12. The molecular weight excluding hydrogens is 392 g/mol. The summed E-state index contributed by atoms with van der Waals surface area (Å²) in [5.74, 6) is -1.41. The van der Waals surface area contributed by atoms with Crippen LogP contribution in [0.5, 0.6) is 0 Å². The molecule has 4 rings (SSSR count). The number of nitrogens with one attached hydrogen (secondary N) is 1. The number of carboxylic acids is 1. The number of benzene rings is 1. The first-order chi connectivity index (χ1) is 13.8. The second-order valence-electron chi connectivity index (χ2n) is 7.09. The molecule has 0 bridgehead atoms. The van der Waals surface area contributed by atoms with E-state index in [1.54, 1.807) is 25.5 Å². The first-order valence-corrected chi connectivity index (χ1v) is 10.2. The largest absolute Gasteiger partial charge is 0.477 e. The molecule has 2 aliphatic heterocycles. The predicted octanol–water partition coefficient (Wildman–Crippen LogP) is 1.86. The molecule has 8 nitrogen and oxygen atoms in total. The topological polar surface area (TPSA) is 105 Å². The molecule has 2 N–H and O–H groups in total. The summed E-state index contributed by atoms with van der Waals surface area (Å²) in [7, 11) is 0. The number of hydrogen-bond donors (Lipinski definition) is 2. The van der Waals surface area contributed by atoms with Crippen molar-refractivity contribution in [3.05, 3.63) is 58.6 Å². The number of carbonyl (C=O) groups excluding carboxylic acids is 2. The van der Waals surface area contributed by atoms with E-state index in [9.17, 15) is 19.5 Å². The summed E-state index contributed by atoms with van der Waals surface area (Å²) in [6.45, 7) is 5.26. The molecule has 0 spiro atoms. The number of carbonyl (C=O) groups is 3. The van der Waals surface area contributed by atoms with Gasteiger partial charge in [0.25, 0.3) is 11.8 Å². The van der Waals surface area contributed by atoms with Crippen molar-refractivity contribution in [1.29, 1.82) is 0 Å². The van der Waals surface area contributed by atoms with Crippen LogP contribution in [0.15, 0.2) is 41.6 Å². The summed E-state index contributed by atoms with van der Waals surface area (Å²) in [6.07, 6.45) is 0. The Balaban J connectivity index is 1.57. The normalized spacial score (nSPS) is 20.9. The van der Waals surface area contributed by atoms with E-state index in [4.69, 9.17) is 0 Å². The van der Waals surface area contributed by atoms with Crippen LogP contribution in [0, 0.1) is 13.8 Å². The van der Waals surface area contributed by atoms with Crippen LogP contribution in [-0.4, -0.2) is 54.7 Å². The number of thioether (sulfide) groups is 1. The highest BCUT2D eigenvalue weighted by Gasteiger charge is 2.53. The van der Waals surface area contributed by atoms with Crippen molar-refractivity contribution in [1.82, 2.24) is 20.0 Å². The molecule has 9 heteroatoms. The number of aliphatic carboxylic acids is 1.